The number of esters is 1. The minimum atomic E-state index is -8.76. The molecule has 2 amide bonds. The van der Waals surface area contributed by atoms with Gasteiger partial charge in [0, 0.05) is 6.42 Å². The van der Waals surface area contributed by atoms with E-state index in [4.69, 9.17) is 5.11 Å². The number of carboxylic acid groups (broad SMARTS) is 1. The van der Waals surface area contributed by atoms with Crippen molar-refractivity contribution in [2.45, 2.75) is 66.9 Å². The van der Waals surface area contributed by atoms with Gasteiger partial charge in [-0.15, -0.1) is 0 Å². The van der Waals surface area contributed by atoms with E-state index in [1.807, 2.05) is 5.32 Å². The molecule has 0 heterocycles. The van der Waals surface area contributed by atoms with Crippen LogP contribution in [0, 0.1) is 0 Å². The molecule has 252 valence electrons. The van der Waals surface area contributed by atoms with E-state index in [1.165, 1.54) is 0 Å². The van der Waals surface area contributed by atoms with E-state index in [0.717, 1.165) is 0 Å². The molecule has 8 nitrogen and oxygen atoms in total. The number of aliphatic carboxylic acids is 1. The second-order valence-electron chi connectivity index (χ2n) is 8.07. The molecule has 0 saturated carbocycles. The van der Waals surface area contributed by atoms with Crippen molar-refractivity contribution < 1.29 is 104 Å². The third-order valence-electron chi connectivity index (χ3n) is 4.91. The number of carbonyl (C=O) groups excluding carboxylic acids is 3. The van der Waals surface area contributed by atoms with Crippen molar-refractivity contribution in [2.75, 3.05) is 19.7 Å². The highest BCUT2D eigenvalue weighted by atomic mass is 19.4. The number of alkyl halides is 17. The average Bonchev–Trinajstić information content (AvgIpc) is 2.83. The highest BCUT2D eigenvalue weighted by molar-refractivity contribution is 5.87. The van der Waals surface area contributed by atoms with E-state index in [-0.39, 0.29) is 0 Å². The van der Waals surface area contributed by atoms with E-state index < -0.39 is 110 Å². The van der Waals surface area contributed by atoms with Gasteiger partial charge in [0.15, 0.2) is 0 Å². The van der Waals surface area contributed by atoms with Gasteiger partial charge in [0.05, 0.1) is 26.0 Å². The zero-order chi connectivity index (χ0) is 34.7. The van der Waals surface area contributed by atoms with E-state index in [0.29, 0.717) is 0 Å². The van der Waals surface area contributed by atoms with Crippen molar-refractivity contribution in [2.24, 2.45) is 0 Å². The van der Waals surface area contributed by atoms with Crippen molar-refractivity contribution in [3.63, 3.8) is 0 Å². The Labute approximate surface area is 225 Å². The summed E-state index contributed by atoms with van der Waals surface area (Å²) < 4.78 is 228. The number of halogens is 17. The summed E-state index contributed by atoms with van der Waals surface area (Å²) >= 11 is 0. The van der Waals surface area contributed by atoms with Crippen LogP contribution < -0.4 is 10.6 Å². The monoisotopic (exact) mass is 678 g/mol. The number of ether oxygens (including phenoxy) is 1. The van der Waals surface area contributed by atoms with Crippen molar-refractivity contribution in [1.82, 2.24) is 10.6 Å². The molecular weight excluding hydrogens is 663 g/mol. The fourth-order valence-electron chi connectivity index (χ4n) is 2.42. The normalized spacial score (nSPS) is 14.3. The first-order valence-corrected chi connectivity index (χ1v) is 10.5. The third kappa shape index (κ3) is 7.80. The minimum Gasteiger partial charge on any atom is -0.481 e. The second kappa shape index (κ2) is 12.7. The number of amides is 2. The molecule has 0 aliphatic carbocycles. The first-order valence-electron chi connectivity index (χ1n) is 10.5. The molecule has 3 N–H and O–H groups in total. The zero-order valence-electron chi connectivity index (χ0n) is 20.2. The number of carbonyl (C=O) groups is 4. The Morgan fingerprint density at radius 3 is 1.35 bits per heavy atom. The summed E-state index contributed by atoms with van der Waals surface area (Å²) in [4.78, 5) is 44.2. The smallest absolute Gasteiger partial charge is 0.460 e. The van der Waals surface area contributed by atoms with Crippen LogP contribution in [0.15, 0.2) is 0 Å². The number of carboxylic acids is 1. The van der Waals surface area contributed by atoms with Gasteiger partial charge < -0.3 is 20.5 Å². The number of hydrogen-bond acceptors (Lipinski definition) is 5. The van der Waals surface area contributed by atoms with Crippen LogP contribution in [-0.4, -0.2) is 96.2 Å². The van der Waals surface area contributed by atoms with Crippen LogP contribution in [0.25, 0.3) is 0 Å². The topological polar surface area (TPSA) is 122 Å². The Kier molecular flexibility index (Phi) is 11.8. The van der Waals surface area contributed by atoms with E-state index in [1.54, 1.807) is 5.32 Å². The summed E-state index contributed by atoms with van der Waals surface area (Å²) in [6.45, 7) is -4.48. The molecule has 0 saturated heterocycles. The summed E-state index contributed by atoms with van der Waals surface area (Å²) in [6, 6.07) is 0. The fraction of sp³-hybridized carbons (Fsp3) is 0.778. The lowest BCUT2D eigenvalue weighted by Crippen LogP contribution is -2.74. The zero-order valence-corrected chi connectivity index (χ0v) is 20.2. The molecule has 0 aromatic carbocycles. The maximum Gasteiger partial charge on any atom is 0.460 e. The Morgan fingerprint density at radius 1 is 0.535 bits per heavy atom. The SMILES string of the molecule is O=C(O)CCC(=O)NCC(=O)NCC(=O)OCCC(F)(F)C(F)(F)C(F)(F)C(F)(F)C(F)(F)C(F)(F)C(F)(F)C(F)(F)F. The van der Waals surface area contributed by atoms with E-state index >= 15 is 0 Å². The Bertz CT molecular complexity index is 1040. The van der Waals surface area contributed by atoms with Crippen molar-refractivity contribution in [3.8, 4) is 0 Å². The van der Waals surface area contributed by atoms with Crippen molar-refractivity contribution in [3.05, 3.63) is 0 Å². The van der Waals surface area contributed by atoms with Crippen LogP contribution in [-0.2, 0) is 23.9 Å². The summed E-state index contributed by atoms with van der Waals surface area (Å²) in [7, 11) is 0. The molecule has 0 aromatic rings. The van der Waals surface area contributed by atoms with Crippen LogP contribution in [0.3, 0.4) is 0 Å². The molecule has 0 aromatic heterocycles. The number of nitrogens with one attached hydrogen (secondary N) is 2. The van der Waals surface area contributed by atoms with Gasteiger partial charge in [-0.05, 0) is 0 Å². The average molecular weight is 678 g/mol. The Morgan fingerprint density at radius 2 is 0.930 bits per heavy atom. The highest BCUT2D eigenvalue weighted by Gasteiger charge is 2.95. The molecule has 43 heavy (non-hydrogen) atoms. The van der Waals surface area contributed by atoms with Gasteiger partial charge >= 0.3 is 59.6 Å². The summed E-state index contributed by atoms with van der Waals surface area (Å²) in [6.07, 6.45) is -12.1. The van der Waals surface area contributed by atoms with Crippen molar-refractivity contribution in [1.29, 1.82) is 0 Å². The Balaban J connectivity index is 5.51. The predicted octanol–water partition coefficient (Wildman–Crippen LogP) is 4.03. The first-order chi connectivity index (χ1) is 18.8. The fourth-order valence-corrected chi connectivity index (χ4v) is 2.42. The van der Waals surface area contributed by atoms with Gasteiger partial charge in [-0.1, -0.05) is 0 Å². The maximum absolute atomic E-state index is 13.7. The molecule has 0 spiro atoms. The van der Waals surface area contributed by atoms with Crippen LogP contribution in [0.4, 0.5) is 74.6 Å². The quantitative estimate of drug-likeness (QED) is 0.168. The van der Waals surface area contributed by atoms with Gasteiger partial charge in [0.2, 0.25) is 11.8 Å². The summed E-state index contributed by atoms with van der Waals surface area (Å²) in [5, 5.41) is 11.8. The van der Waals surface area contributed by atoms with Gasteiger partial charge in [-0.3, -0.25) is 19.2 Å². The lowest BCUT2D eigenvalue weighted by Gasteiger charge is -2.42. The minimum absolute atomic E-state index is 0.603. The molecular formula is C18H15F17N2O6. The molecule has 0 bridgehead atoms. The van der Waals surface area contributed by atoms with Crippen LogP contribution in [0.1, 0.15) is 19.3 Å². The van der Waals surface area contributed by atoms with Crippen LogP contribution in [0.2, 0.25) is 0 Å². The van der Waals surface area contributed by atoms with E-state index in [9.17, 15) is 93.8 Å². The van der Waals surface area contributed by atoms with Gasteiger partial charge in [-0.2, -0.15) is 74.6 Å². The largest absolute Gasteiger partial charge is 0.481 e. The predicted molar refractivity (Wildman–Crippen MR) is 99.1 cm³/mol. The Hall–Kier alpha value is -3.31. The summed E-state index contributed by atoms with van der Waals surface area (Å²) in [5.41, 5.74) is 0. The highest BCUT2D eigenvalue weighted by Crippen LogP contribution is 2.64. The molecule has 0 aliphatic rings. The molecule has 0 atom stereocenters. The lowest BCUT2D eigenvalue weighted by molar-refractivity contribution is -0.461. The van der Waals surface area contributed by atoms with Gasteiger partial charge in [0.25, 0.3) is 0 Å². The molecule has 0 unspecified atom stereocenters. The molecule has 0 aliphatic heterocycles. The maximum atomic E-state index is 13.7. The van der Waals surface area contributed by atoms with Crippen molar-refractivity contribution >= 4 is 23.8 Å². The molecule has 25 heteroatoms. The van der Waals surface area contributed by atoms with E-state index in [2.05, 4.69) is 4.74 Å². The molecule has 0 rings (SSSR count). The van der Waals surface area contributed by atoms with Crippen LogP contribution in [0.5, 0.6) is 0 Å². The first kappa shape index (κ1) is 39.7. The third-order valence-corrected chi connectivity index (χ3v) is 4.91. The lowest BCUT2D eigenvalue weighted by atomic mass is 9.88. The number of rotatable bonds is 16. The second-order valence-corrected chi connectivity index (χ2v) is 8.07. The standard InChI is InChI=1S/C18H15F17N2O6/c19-11(20,3-4-43-10(42)6-37-8(39)5-36-7(38)1-2-9(40)41)12(21,22)13(23,24)14(25,26)15(27,28)16(29,30)17(31,32)18(33,34)35/h1-6H2,(H,36,38)(H,37,39)(H,40,41). The van der Waals surface area contributed by atoms with Gasteiger partial charge in [0.1, 0.15) is 6.54 Å². The molecule has 0 fully saturated rings. The molecule has 0 radical (unpaired) electrons. The van der Waals surface area contributed by atoms with Crippen LogP contribution >= 0.6 is 0 Å². The van der Waals surface area contributed by atoms with Gasteiger partial charge in [-0.25, -0.2) is 0 Å². The number of hydrogen-bond donors (Lipinski definition) is 3. The summed E-state index contributed by atoms with van der Waals surface area (Å²) in [5.74, 6) is -63.0.